The number of primary amides is 1. The number of pyridine rings is 1. The molecule has 2 aromatic rings. The molecule has 0 saturated carbocycles. The van der Waals surface area contributed by atoms with Crippen LogP contribution >= 0.6 is 0 Å². The molecule has 1 saturated heterocycles. The van der Waals surface area contributed by atoms with Gasteiger partial charge in [-0.1, -0.05) is 24.3 Å². The standard InChI is InChI=1S/C17H19N3O2/c1-11-6-7-13(16(18)21)10-20(11)17(22)15-14-5-3-2-4-12(14)8-9-19-15/h2-5,8-9,11,13H,6-7,10H2,1H3,(H2,18,21)/t11-,13+/m1/s1. The van der Waals surface area contributed by atoms with E-state index in [0.29, 0.717) is 12.2 Å². The van der Waals surface area contributed by atoms with Gasteiger partial charge in [-0.3, -0.25) is 14.6 Å². The lowest BCUT2D eigenvalue weighted by molar-refractivity contribution is -0.123. The third kappa shape index (κ3) is 2.54. The van der Waals surface area contributed by atoms with Gasteiger partial charge in [-0.25, -0.2) is 0 Å². The van der Waals surface area contributed by atoms with E-state index < -0.39 is 0 Å². The Hall–Kier alpha value is -2.43. The van der Waals surface area contributed by atoms with Gasteiger partial charge in [-0.15, -0.1) is 0 Å². The van der Waals surface area contributed by atoms with Gasteiger partial charge in [0.2, 0.25) is 5.91 Å². The summed E-state index contributed by atoms with van der Waals surface area (Å²) in [6.45, 7) is 2.38. The van der Waals surface area contributed by atoms with Gasteiger partial charge in [-0.05, 0) is 31.2 Å². The molecular weight excluding hydrogens is 278 g/mol. The summed E-state index contributed by atoms with van der Waals surface area (Å²) in [5.74, 6) is -0.735. The van der Waals surface area contributed by atoms with E-state index in [-0.39, 0.29) is 23.8 Å². The number of nitrogens with zero attached hydrogens (tertiary/aromatic N) is 2. The Labute approximate surface area is 129 Å². The second-order valence-corrected chi connectivity index (χ2v) is 5.86. The van der Waals surface area contributed by atoms with Crippen molar-refractivity contribution in [3.05, 3.63) is 42.2 Å². The maximum Gasteiger partial charge on any atom is 0.273 e. The number of carbonyl (C=O) groups is 2. The van der Waals surface area contributed by atoms with Crippen LogP contribution in [0.1, 0.15) is 30.3 Å². The third-order valence-corrected chi connectivity index (χ3v) is 4.42. The number of hydrogen-bond acceptors (Lipinski definition) is 3. The molecule has 5 heteroatoms. The number of fused-ring (bicyclic) bond motifs is 1. The van der Waals surface area contributed by atoms with Gasteiger partial charge in [0.05, 0.1) is 5.92 Å². The number of hydrogen-bond donors (Lipinski definition) is 1. The van der Waals surface area contributed by atoms with Crippen molar-refractivity contribution >= 4 is 22.6 Å². The predicted octanol–water partition coefficient (Wildman–Crippen LogP) is 1.96. The highest BCUT2D eigenvalue weighted by molar-refractivity contribution is 6.05. The summed E-state index contributed by atoms with van der Waals surface area (Å²) in [7, 11) is 0. The molecule has 1 aromatic carbocycles. The normalized spacial score (nSPS) is 21.8. The number of amides is 2. The van der Waals surface area contributed by atoms with Gasteiger partial charge in [0.25, 0.3) is 5.91 Å². The first-order chi connectivity index (χ1) is 10.6. The summed E-state index contributed by atoms with van der Waals surface area (Å²) < 4.78 is 0. The average Bonchev–Trinajstić information content (AvgIpc) is 2.54. The summed E-state index contributed by atoms with van der Waals surface area (Å²) in [6.07, 6.45) is 3.17. The maximum atomic E-state index is 12.9. The molecule has 0 unspecified atom stereocenters. The van der Waals surface area contributed by atoms with Crippen molar-refractivity contribution in [1.29, 1.82) is 0 Å². The summed E-state index contributed by atoms with van der Waals surface area (Å²) in [5.41, 5.74) is 5.85. The van der Waals surface area contributed by atoms with Crippen LogP contribution in [0.3, 0.4) is 0 Å². The molecule has 2 heterocycles. The van der Waals surface area contributed by atoms with Gasteiger partial charge >= 0.3 is 0 Å². The van der Waals surface area contributed by atoms with Gasteiger partial charge in [0.15, 0.2) is 0 Å². The van der Waals surface area contributed by atoms with Crippen LogP contribution in [0.4, 0.5) is 0 Å². The molecule has 22 heavy (non-hydrogen) atoms. The average molecular weight is 297 g/mol. The second kappa shape index (κ2) is 5.75. The summed E-state index contributed by atoms with van der Waals surface area (Å²) in [4.78, 5) is 30.4. The molecule has 5 nitrogen and oxygen atoms in total. The molecule has 1 aromatic heterocycles. The highest BCUT2D eigenvalue weighted by Gasteiger charge is 2.33. The van der Waals surface area contributed by atoms with Crippen LogP contribution in [-0.2, 0) is 4.79 Å². The number of carbonyl (C=O) groups excluding carboxylic acids is 2. The summed E-state index contributed by atoms with van der Waals surface area (Å²) in [5, 5.41) is 1.82. The van der Waals surface area contributed by atoms with Crippen molar-refractivity contribution in [1.82, 2.24) is 9.88 Å². The lowest BCUT2D eigenvalue weighted by Gasteiger charge is -2.36. The minimum absolute atomic E-state index is 0.0869. The molecule has 1 fully saturated rings. The fourth-order valence-corrected chi connectivity index (χ4v) is 3.05. The van der Waals surface area contributed by atoms with Crippen molar-refractivity contribution in [2.45, 2.75) is 25.8 Å². The lowest BCUT2D eigenvalue weighted by atomic mass is 9.92. The molecule has 2 atom stereocenters. The number of piperidine rings is 1. The Balaban J connectivity index is 1.96. The largest absolute Gasteiger partial charge is 0.369 e. The summed E-state index contributed by atoms with van der Waals surface area (Å²) in [6, 6.07) is 9.66. The molecule has 0 bridgehead atoms. The molecule has 0 radical (unpaired) electrons. The number of likely N-dealkylation sites (tertiary alicyclic amines) is 1. The first kappa shape index (κ1) is 14.5. The highest BCUT2D eigenvalue weighted by Crippen LogP contribution is 2.25. The molecule has 1 aliphatic heterocycles. The van der Waals surface area contributed by atoms with E-state index in [1.807, 2.05) is 37.3 Å². The first-order valence-corrected chi connectivity index (χ1v) is 7.52. The molecule has 114 valence electrons. The van der Waals surface area contributed by atoms with Crippen LogP contribution in [0.15, 0.2) is 36.5 Å². The third-order valence-electron chi connectivity index (χ3n) is 4.42. The minimum Gasteiger partial charge on any atom is -0.369 e. The monoisotopic (exact) mass is 297 g/mol. The van der Waals surface area contributed by atoms with E-state index >= 15 is 0 Å². The number of rotatable bonds is 2. The van der Waals surface area contributed by atoms with E-state index in [9.17, 15) is 9.59 Å². The molecule has 0 aliphatic carbocycles. The number of aromatic nitrogens is 1. The molecule has 2 N–H and O–H groups in total. The SMILES string of the molecule is C[C@@H]1CC[C@H](C(N)=O)CN1C(=O)c1nccc2ccccc12. The Kier molecular flexibility index (Phi) is 3.79. The van der Waals surface area contributed by atoms with E-state index in [0.717, 1.165) is 23.6 Å². The van der Waals surface area contributed by atoms with Crippen LogP contribution in [0, 0.1) is 5.92 Å². The van der Waals surface area contributed by atoms with E-state index in [1.165, 1.54) is 0 Å². The minimum atomic E-state index is -0.337. The zero-order valence-corrected chi connectivity index (χ0v) is 12.5. The Morgan fingerprint density at radius 3 is 2.77 bits per heavy atom. The molecule has 0 spiro atoms. The Morgan fingerprint density at radius 2 is 2.00 bits per heavy atom. The lowest BCUT2D eigenvalue weighted by Crippen LogP contribution is -2.48. The smallest absolute Gasteiger partial charge is 0.273 e. The van der Waals surface area contributed by atoms with Crippen molar-refractivity contribution in [2.24, 2.45) is 11.7 Å². The molecule has 2 amide bonds. The molecule has 1 aliphatic rings. The van der Waals surface area contributed by atoms with Crippen LogP contribution in [0.2, 0.25) is 0 Å². The quantitative estimate of drug-likeness (QED) is 0.920. The van der Waals surface area contributed by atoms with Crippen LogP contribution < -0.4 is 5.73 Å². The Bertz CT molecular complexity index is 723. The number of benzene rings is 1. The van der Waals surface area contributed by atoms with Gasteiger partial charge < -0.3 is 10.6 Å². The highest BCUT2D eigenvalue weighted by atomic mass is 16.2. The maximum absolute atomic E-state index is 12.9. The fraction of sp³-hybridized carbons (Fsp3) is 0.353. The summed E-state index contributed by atoms with van der Waals surface area (Å²) >= 11 is 0. The predicted molar refractivity (Wildman–Crippen MR) is 84.2 cm³/mol. The van der Waals surface area contributed by atoms with Crippen LogP contribution in [0.25, 0.3) is 10.8 Å². The van der Waals surface area contributed by atoms with Crippen molar-refractivity contribution in [2.75, 3.05) is 6.54 Å². The van der Waals surface area contributed by atoms with Gasteiger partial charge in [-0.2, -0.15) is 0 Å². The molecule has 3 rings (SSSR count). The first-order valence-electron chi connectivity index (χ1n) is 7.52. The van der Waals surface area contributed by atoms with E-state index in [4.69, 9.17) is 5.73 Å². The molecular formula is C17H19N3O2. The van der Waals surface area contributed by atoms with E-state index in [1.54, 1.807) is 11.1 Å². The van der Waals surface area contributed by atoms with Gasteiger partial charge in [0.1, 0.15) is 5.69 Å². The second-order valence-electron chi connectivity index (χ2n) is 5.86. The van der Waals surface area contributed by atoms with Crippen molar-refractivity contribution in [3.8, 4) is 0 Å². The van der Waals surface area contributed by atoms with Crippen LogP contribution in [-0.4, -0.2) is 34.3 Å². The zero-order valence-electron chi connectivity index (χ0n) is 12.5. The zero-order chi connectivity index (χ0) is 15.7. The topological polar surface area (TPSA) is 76.3 Å². The fourth-order valence-electron chi connectivity index (χ4n) is 3.05. The Morgan fingerprint density at radius 1 is 1.23 bits per heavy atom. The van der Waals surface area contributed by atoms with Crippen molar-refractivity contribution in [3.63, 3.8) is 0 Å². The van der Waals surface area contributed by atoms with E-state index in [2.05, 4.69) is 4.98 Å². The number of nitrogens with two attached hydrogens (primary N) is 1. The van der Waals surface area contributed by atoms with Gasteiger partial charge in [0, 0.05) is 24.2 Å². The van der Waals surface area contributed by atoms with Crippen molar-refractivity contribution < 1.29 is 9.59 Å². The van der Waals surface area contributed by atoms with Crippen LogP contribution in [0.5, 0.6) is 0 Å².